The van der Waals surface area contributed by atoms with Crippen molar-refractivity contribution in [3.8, 4) is 35.5 Å². The van der Waals surface area contributed by atoms with Gasteiger partial charge in [-0.2, -0.15) is 0 Å². The molecule has 0 bridgehead atoms. The van der Waals surface area contributed by atoms with Crippen molar-refractivity contribution in [2.24, 2.45) is 0 Å². The van der Waals surface area contributed by atoms with Gasteiger partial charge in [-0.3, -0.25) is 0 Å². The standard InChI is InChI=1S/C16H13IO/c17-16-12-10-15(11-13-16)9-7-5-3-1-2-4-6-8-14-18/h10-13,18H,4,6,8,14H2. The first-order valence-electron chi connectivity index (χ1n) is 5.68. The summed E-state index contributed by atoms with van der Waals surface area (Å²) in [6.07, 6.45) is 2.49. The second-order valence-electron chi connectivity index (χ2n) is 3.49. The van der Waals surface area contributed by atoms with Crippen molar-refractivity contribution in [3.05, 3.63) is 33.4 Å². The van der Waals surface area contributed by atoms with E-state index in [0.717, 1.165) is 24.8 Å². The van der Waals surface area contributed by atoms with Gasteiger partial charge in [-0.25, -0.2) is 0 Å². The van der Waals surface area contributed by atoms with Crippen LogP contribution in [0.15, 0.2) is 24.3 Å². The molecule has 1 rings (SSSR count). The Morgan fingerprint density at radius 3 is 2.39 bits per heavy atom. The average molecular weight is 348 g/mol. The highest BCUT2D eigenvalue weighted by Gasteiger charge is 1.85. The summed E-state index contributed by atoms with van der Waals surface area (Å²) in [5, 5.41) is 8.57. The molecule has 0 saturated heterocycles. The Balaban J connectivity index is 2.39. The quantitative estimate of drug-likeness (QED) is 0.506. The first-order chi connectivity index (χ1) is 8.83. The second kappa shape index (κ2) is 9.60. The molecule has 0 aliphatic carbocycles. The van der Waals surface area contributed by atoms with E-state index < -0.39 is 0 Å². The maximum atomic E-state index is 8.57. The molecule has 0 radical (unpaired) electrons. The van der Waals surface area contributed by atoms with Gasteiger partial charge in [0.05, 0.1) is 0 Å². The van der Waals surface area contributed by atoms with E-state index in [2.05, 4.69) is 58.1 Å². The molecule has 18 heavy (non-hydrogen) atoms. The van der Waals surface area contributed by atoms with Gasteiger partial charge in [0, 0.05) is 22.2 Å². The monoisotopic (exact) mass is 348 g/mol. The molecule has 1 N–H and O–H groups in total. The van der Waals surface area contributed by atoms with E-state index in [9.17, 15) is 0 Å². The maximum Gasteiger partial charge on any atom is 0.0431 e. The minimum absolute atomic E-state index is 0.231. The lowest BCUT2D eigenvalue weighted by Gasteiger charge is -1.88. The Hall–Kier alpha value is -1.41. The summed E-state index contributed by atoms with van der Waals surface area (Å²) in [5.74, 6) is 16.8. The third kappa shape index (κ3) is 7.02. The SMILES string of the molecule is OCCCCC#CC#CC#Cc1ccc(I)cc1. The van der Waals surface area contributed by atoms with Crippen LogP contribution in [0.3, 0.4) is 0 Å². The molecule has 0 aliphatic heterocycles. The van der Waals surface area contributed by atoms with Crippen molar-refractivity contribution in [1.82, 2.24) is 0 Å². The van der Waals surface area contributed by atoms with Gasteiger partial charge in [-0.1, -0.05) is 11.8 Å². The molecular formula is C16H13IO. The van der Waals surface area contributed by atoms with E-state index >= 15 is 0 Å². The summed E-state index contributed by atoms with van der Waals surface area (Å²) in [4.78, 5) is 0. The van der Waals surface area contributed by atoms with Crippen LogP contribution in [-0.4, -0.2) is 11.7 Å². The van der Waals surface area contributed by atoms with Crippen molar-refractivity contribution >= 4 is 22.6 Å². The lowest BCUT2D eigenvalue weighted by molar-refractivity contribution is 0.285. The highest BCUT2D eigenvalue weighted by molar-refractivity contribution is 14.1. The number of hydrogen-bond acceptors (Lipinski definition) is 1. The van der Waals surface area contributed by atoms with E-state index in [0.29, 0.717) is 0 Å². The Morgan fingerprint density at radius 1 is 0.944 bits per heavy atom. The Bertz CT molecular complexity index is 538. The van der Waals surface area contributed by atoms with E-state index in [1.807, 2.05) is 24.3 Å². The van der Waals surface area contributed by atoms with E-state index in [1.165, 1.54) is 3.57 Å². The van der Waals surface area contributed by atoms with Crippen LogP contribution in [0.25, 0.3) is 0 Å². The number of benzene rings is 1. The first-order valence-corrected chi connectivity index (χ1v) is 6.76. The largest absolute Gasteiger partial charge is 0.396 e. The lowest BCUT2D eigenvalue weighted by Crippen LogP contribution is -1.80. The van der Waals surface area contributed by atoms with Gasteiger partial charge in [0.2, 0.25) is 0 Å². The van der Waals surface area contributed by atoms with Crippen LogP contribution in [0.2, 0.25) is 0 Å². The third-order valence-corrected chi connectivity index (χ3v) is 2.76. The third-order valence-electron chi connectivity index (χ3n) is 2.04. The van der Waals surface area contributed by atoms with Gasteiger partial charge in [0.25, 0.3) is 0 Å². The van der Waals surface area contributed by atoms with Gasteiger partial charge in [-0.15, -0.1) is 0 Å². The molecular weight excluding hydrogens is 335 g/mol. The fourth-order valence-electron chi connectivity index (χ4n) is 1.13. The molecule has 1 aromatic carbocycles. The molecule has 2 heteroatoms. The second-order valence-corrected chi connectivity index (χ2v) is 4.74. The topological polar surface area (TPSA) is 20.2 Å². The molecule has 0 unspecified atom stereocenters. The van der Waals surface area contributed by atoms with Crippen molar-refractivity contribution in [1.29, 1.82) is 0 Å². The van der Waals surface area contributed by atoms with Crippen LogP contribution in [0.5, 0.6) is 0 Å². The maximum absolute atomic E-state index is 8.57. The number of aliphatic hydroxyl groups excluding tert-OH is 1. The molecule has 0 fully saturated rings. The number of rotatable bonds is 3. The Morgan fingerprint density at radius 2 is 1.67 bits per heavy atom. The number of aliphatic hydroxyl groups is 1. The van der Waals surface area contributed by atoms with Crippen LogP contribution in [-0.2, 0) is 0 Å². The van der Waals surface area contributed by atoms with Crippen molar-refractivity contribution in [3.63, 3.8) is 0 Å². The van der Waals surface area contributed by atoms with E-state index in [1.54, 1.807) is 0 Å². The van der Waals surface area contributed by atoms with Crippen molar-refractivity contribution in [2.75, 3.05) is 6.61 Å². The fraction of sp³-hybridized carbons (Fsp3) is 0.250. The van der Waals surface area contributed by atoms with E-state index in [-0.39, 0.29) is 6.61 Å². The highest BCUT2D eigenvalue weighted by Crippen LogP contribution is 2.05. The van der Waals surface area contributed by atoms with E-state index in [4.69, 9.17) is 5.11 Å². The Kier molecular flexibility index (Phi) is 7.82. The summed E-state index contributed by atoms with van der Waals surface area (Å²) in [7, 11) is 0. The first kappa shape index (κ1) is 14.7. The van der Waals surface area contributed by atoms with Crippen molar-refractivity contribution in [2.45, 2.75) is 19.3 Å². The minimum atomic E-state index is 0.231. The van der Waals surface area contributed by atoms with Crippen LogP contribution in [0.4, 0.5) is 0 Å². The molecule has 0 atom stereocenters. The minimum Gasteiger partial charge on any atom is -0.396 e. The number of unbranched alkanes of at least 4 members (excludes halogenated alkanes) is 2. The van der Waals surface area contributed by atoms with Gasteiger partial charge >= 0.3 is 0 Å². The molecule has 0 saturated carbocycles. The summed E-state index contributed by atoms with van der Waals surface area (Å²) in [6.45, 7) is 0.231. The van der Waals surface area contributed by atoms with Gasteiger partial charge in [-0.05, 0) is 83.4 Å². The summed E-state index contributed by atoms with van der Waals surface area (Å²) < 4.78 is 1.19. The summed E-state index contributed by atoms with van der Waals surface area (Å²) in [5.41, 5.74) is 0.959. The number of hydrogen-bond donors (Lipinski definition) is 1. The van der Waals surface area contributed by atoms with Crippen LogP contribution in [0, 0.1) is 39.1 Å². The number of halogens is 1. The average Bonchev–Trinajstić information content (AvgIpc) is 2.39. The van der Waals surface area contributed by atoms with Crippen LogP contribution in [0.1, 0.15) is 24.8 Å². The molecule has 0 heterocycles. The van der Waals surface area contributed by atoms with Crippen molar-refractivity contribution < 1.29 is 5.11 Å². The van der Waals surface area contributed by atoms with Gasteiger partial charge in [0.1, 0.15) is 0 Å². The van der Waals surface area contributed by atoms with Crippen LogP contribution < -0.4 is 0 Å². The van der Waals surface area contributed by atoms with Gasteiger partial charge in [0.15, 0.2) is 0 Å². The normalized spacial score (nSPS) is 8.11. The predicted octanol–water partition coefficient (Wildman–Crippen LogP) is 2.81. The smallest absolute Gasteiger partial charge is 0.0431 e. The summed E-state index contributed by atoms with van der Waals surface area (Å²) in [6, 6.07) is 7.96. The molecule has 90 valence electrons. The molecule has 1 nitrogen and oxygen atoms in total. The predicted molar refractivity (Wildman–Crippen MR) is 82.5 cm³/mol. The molecule has 1 aromatic rings. The Labute approximate surface area is 122 Å². The molecule has 0 aromatic heterocycles. The zero-order valence-electron chi connectivity index (χ0n) is 9.96. The zero-order valence-corrected chi connectivity index (χ0v) is 12.1. The van der Waals surface area contributed by atoms with Gasteiger partial charge < -0.3 is 5.11 Å². The highest BCUT2D eigenvalue weighted by atomic mass is 127. The summed E-state index contributed by atoms with van der Waals surface area (Å²) >= 11 is 2.26. The fourth-order valence-corrected chi connectivity index (χ4v) is 1.49. The molecule has 0 amide bonds. The lowest BCUT2D eigenvalue weighted by atomic mass is 10.2. The molecule has 0 spiro atoms. The zero-order chi connectivity index (χ0) is 13.1. The van der Waals surface area contributed by atoms with Crippen LogP contribution >= 0.6 is 22.6 Å². The molecule has 0 aliphatic rings.